The number of aryl methyl sites for hydroxylation is 1. The fourth-order valence-electron chi connectivity index (χ4n) is 2.31. The number of aliphatic hydroxyl groups is 1. The molecule has 124 valence electrons. The molecular formula is C14H18F3NO3S. The molecule has 1 aliphatic rings. The van der Waals surface area contributed by atoms with Crippen molar-refractivity contribution in [2.24, 2.45) is 0 Å². The van der Waals surface area contributed by atoms with Crippen molar-refractivity contribution in [1.82, 2.24) is 5.32 Å². The van der Waals surface area contributed by atoms with Crippen LogP contribution in [0, 0.1) is 6.92 Å². The lowest BCUT2D eigenvalue weighted by Gasteiger charge is -2.28. The molecule has 1 saturated heterocycles. The Morgan fingerprint density at radius 3 is 2.73 bits per heavy atom. The van der Waals surface area contributed by atoms with Crippen LogP contribution in [0.3, 0.4) is 0 Å². The fourth-order valence-corrected chi connectivity index (χ4v) is 3.51. The first-order chi connectivity index (χ1) is 10.2. The lowest BCUT2D eigenvalue weighted by molar-refractivity contribution is -0.273. The van der Waals surface area contributed by atoms with Crippen LogP contribution in [0.2, 0.25) is 0 Å². The minimum atomic E-state index is -5.00. The van der Waals surface area contributed by atoms with E-state index < -0.39 is 29.9 Å². The van der Waals surface area contributed by atoms with E-state index in [1.54, 1.807) is 11.8 Å². The highest BCUT2D eigenvalue weighted by Crippen LogP contribution is 2.42. The summed E-state index contributed by atoms with van der Waals surface area (Å²) in [5, 5.41) is 12.7. The molecule has 0 bridgehead atoms. The van der Waals surface area contributed by atoms with Gasteiger partial charge in [0.25, 0.3) is 0 Å². The third-order valence-electron chi connectivity index (χ3n) is 3.58. The quantitative estimate of drug-likeness (QED) is 0.867. The Bertz CT molecular complexity index is 526. The number of hydrogen-bond donors (Lipinski definition) is 2. The van der Waals surface area contributed by atoms with Crippen molar-refractivity contribution in [2.45, 2.75) is 43.2 Å². The number of carbonyl (C=O) groups is 1. The van der Waals surface area contributed by atoms with Crippen molar-refractivity contribution in [2.75, 3.05) is 12.3 Å². The van der Waals surface area contributed by atoms with Crippen molar-refractivity contribution in [3.05, 3.63) is 23.7 Å². The Labute approximate surface area is 130 Å². The van der Waals surface area contributed by atoms with Gasteiger partial charge in [0.2, 0.25) is 11.5 Å². The number of alkyl halides is 3. The maximum Gasteiger partial charge on any atom is 0.425 e. The molecule has 1 fully saturated rings. The monoisotopic (exact) mass is 337 g/mol. The van der Waals surface area contributed by atoms with Crippen LogP contribution in [0.4, 0.5) is 13.2 Å². The maximum absolute atomic E-state index is 13.2. The topological polar surface area (TPSA) is 62.5 Å². The Morgan fingerprint density at radius 2 is 2.23 bits per heavy atom. The van der Waals surface area contributed by atoms with E-state index in [2.05, 4.69) is 5.32 Å². The predicted octanol–water partition coefficient (Wildman–Crippen LogP) is 2.74. The van der Waals surface area contributed by atoms with Gasteiger partial charge in [0.05, 0.1) is 6.42 Å². The van der Waals surface area contributed by atoms with Crippen molar-refractivity contribution in [1.29, 1.82) is 0 Å². The Morgan fingerprint density at radius 1 is 1.50 bits per heavy atom. The summed E-state index contributed by atoms with van der Waals surface area (Å²) >= 11 is 1.69. The first-order valence-electron chi connectivity index (χ1n) is 6.97. The molecule has 2 rings (SSSR count). The van der Waals surface area contributed by atoms with Crippen LogP contribution in [-0.2, 0) is 10.4 Å². The molecule has 0 saturated carbocycles. The van der Waals surface area contributed by atoms with Crippen LogP contribution >= 0.6 is 11.8 Å². The average molecular weight is 337 g/mol. The second-order valence-electron chi connectivity index (χ2n) is 5.38. The molecule has 0 aliphatic carbocycles. The highest BCUT2D eigenvalue weighted by molar-refractivity contribution is 8.00. The summed E-state index contributed by atoms with van der Waals surface area (Å²) in [6.07, 6.45) is -4.13. The standard InChI is InChI=1S/C14H18F3NO3S/c1-9-4-5-11(21-9)13(20,14(15,16)17)7-12(19)18-8-10-3-2-6-22-10/h4-5,10,20H,2-3,6-8H2,1H3,(H,18,19)/t10-,13+/m1/s1. The third kappa shape index (κ3) is 3.78. The Hall–Kier alpha value is -1.15. The lowest BCUT2D eigenvalue weighted by Crippen LogP contribution is -2.46. The summed E-state index contributed by atoms with van der Waals surface area (Å²) in [7, 11) is 0. The molecule has 1 amide bonds. The van der Waals surface area contributed by atoms with E-state index in [0.29, 0.717) is 6.54 Å². The predicted molar refractivity (Wildman–Crippen MR) is 76.5 cm³/mol. The number of thioether (sulfide) groups is 1. The Kier molecular flexibility index (Phi) is 5.11. The van der Waals surface area contributed by atoms with Crippen molar-refractivity contribution < 1.29 is 27.5 Å². The number of hydrogen-bond acceptors (Lipinski definition) is 4. The zero-order chi connectivity index (χ0) is 16.4. The molecule has 2 heterocycles. The van der Waals surface area contributed by atoms with Crippen LogP contribution < -0.4 is 5.32 Å². The normalized spacial score (nSPS) is 21.6. The Balaban J connectivity index is 2.05. The van der Waals surface area contributed by atoms with E-state index in [1.807, 2.05) is 0 Å². The van der Waals surface area contributed by atoms with Crippen LogP contribution in [0.25, 0.3) is 0 Å². The molecule has 8 heteroatoms. The van der Waals surface area contributed by atoms with Crippen molar-refractivity contribution >= 4 is 17.7 Å². The van der Waals surface area contributed by atoms with E-state index in [0.717, 1.165) is 24.7 Å². The van der Waals surface area contributed by atoms with E-state index in [9.17, 15) is 23.1 Å². The fraction of sp³-hybridized carbons (Fsp3) is 0.643. The van der Waals surface area contributed by atoms with Crippen LogP contribution in [0.1, 0.15) is 30.8 Å². The number of carbonyl (C=O) groups excluding carboxylic acids is 1. The van der Waals surface area contributed by atoms with Gasteiger partial charge in [-0.15, -0.1) is 0 Å². The molecule has 1 aliphatic heterocycles. The number of furan rings is 1. The second kappa shape index (κ2) is 6.54. The smallest absolute Gasteiger partial charge is 0.425 e. The van der Waals surface area contributed by atoms with Gasteiger partial charge >= 0.3 is 6.18 Å². The molecular weight excluding hydrogens is 319 g/mol. The molecule has 0 unspecified atom stereocenters. The zero-order valence-corrected chi connectivity index (χ0v) is 12.9. The highest BCUT2D eigenvalue weighted by atomic mass is 32.2. The molecule has 0 radical (unpaired) electrons. The summed E-state index contributed by atoms with van der Waals surface area (Å²) in [6, 6.07) is 2.36. The van der Waals surface area contributed by atoms with Crippen LogP contribution in [-0.4, -0.2) is 34.7 Å². The van der Waals surface area contributed by atoms with Gasteiger partial charge in [-0.3, -0.25) is 4.79 Å². The summed E-state index contributed by atoms with van der Waals surface area (Å²) in [4.78, 5) is 11.8. The van der Waals surface area contributed by atoms with Gasteiger partial charge < -0.3 is 14.8 Å². The minimum absolute atomic E-state index is 0.230. The lowest BCUT2D eigenvalue weighted by atomic mass is 9.95. The highest BCUT2D eigenvalue weighted by Gasteiger charge is 2.58. The molecule has 2 N–H and O–H groups in total. The van der Waals surface area contributed by atoms with Crippen molar-refractivity contribution in [3.63, 3.8) is 0 Å². The maximum atomic E-state index is 13.2. The number of nitrogens with one attached hydrogen (secondary N) is 1. The summed E-state index contributed by atoms with van der Waals surface area (Å²) in [5.41, 5.74) is -3.31. The van der Waals surface area contributed by atoms with E-state index in [-0.39, 0.29) is 11.0 Å². The molecule has 22 heavy (non-hydrogen) atoms. The van der Waals surface area contributed by atoms with Gasteiger partial charge in [0, 0.05) is 11.8 Å². The molecule has 0 spiro atoms. The zero-order valence-electron chi connectivity index (χ0n) is 12.1. The number of halogens is 3. The van der Waals surface area contributed by atoms with Gasteiger partial charge in [-0.2, -0.15) is 24.9 Å². The molecule has 1 aromatic heterocycles. The average Bonchev–Trinajstić information content (AvgIpc) is 3.06. The van der Waals surface area contributed by atoms with Gasteiger partial charge in [0.15, 0.2) is 0 Å². The van der Waals surface area contributed by atoms with Gasteiger partial charge in [-0.1, -0.05) is 0 Å². The van der Waals surface area contributed by atoms with E-state index >= 15 is 0 Å². The van der Waals surface area contributed by atoms with Gasteiger partial charge in [0.1, 0.15) is 11.5 Å². The van der Waals surface area contributed by atoms with Gasteiger partial charge in [-0.25, -0.2) is 0 Å². The SMILES string of the molecule is Cc1ccc([C@@](O)(CC(=O)NC[C@H]2CCCS2)C(F)(F)F)o1. The molecule has 4 nitrogen and oxygen atoms in total. The molecule has 0 aromatic carbocycles. The number of amides is 1. The molecule has 2 atom stereocenters. The van der Waals surface area contributed by atoms with E-state index in [4.69, 9.17) is 4.42 Å². The third-order valence-corrected chi connectivity index (χ3v) is 4.98. The molecule has 1 aromatic rings. The largest absolute Gasteiger partial charge is 0.463 e. The summed E-state index contributed by atoms with van der Waals surface area (Å²) in [5.74, 6) is -0.275. The minimum Gasteiger partial charge on any atom is -0.463 e. The number of rotatable bonds is 5. The summed E-state index contributed by atoms with van der Waals surface area (Å²) in [6.45, 7) is 1.78. The van der Waals surface area contributed by atoms with Crippen LogP contribution in [0.15, 0.2) is 16.5 Å². The van der Waals surface area contributed by atoms with Crippen LogP contribution in [0.5, 0.6) is 0 Å². The first-order valence-corrected chi connectivity index (χ1v) is 8.01. The van der Waals surface area contributed by atoms with Gasteiger partial charge in [-0.05, 0) is 37.7 Å². The van der Waals surface area contributed by atoms with Crippen molar-refractivity contribution in [3.8, 4) is 0 Å². The summed E-state index contributed by atoms with van der Waals surface area (Å²) < 4.78 is 44.5. The van der Waals surface area contributed by atoms with E-state index in [1.165, 1.54) is 13.0 Å². The second-order valence-corrected chi connectivity index (χ2v) is 6.79. The first kappa shape index (κ1) is 17.2.